The van der Waals surface area contributed by atoms with Crippen LogP contribution < -0.4 is 16.0 Å². The molecule has 214 valence electrons. The van der Waals surface area contributed by atoms with Crippen molar-refractivity contribution in [2.45, 2.75) is 109 Å². The molecule has 8 nitrogen and oxygen atoms in total. The molecule has 1 aliphatic carbocycles. The number of benzene rings is 1. The van der Waals surface area contributed by atoms with Gasteiger partial charge in [0.1, 0.15) is 12.1 Å². The number of hydrogen-bond donors (Lipinski definition) is 3. The van der Waals surface area contributed by atoms with Crippen LogP contribution in [0, 0.1) is 22.7 Å². The van der Waals surface area contributed by atoms with Crippen molar-refractivity contribution in [1.82, 2.24) is 16.0 Å². The molecule has 39 heavy (non-hydrogen) atoms. The van der Waals surface area contributed by atoms with Crippen molar-refractivity contribution in [3.8, 4) is 6.07 Å². The highest BCUT2D eigenvalue weighted by molar-refractivity contribution is 6.30. The number of carbonyl (C=O) groups excluding carboxylic acids is 3. The summed E-state index contributed by atoms with van der Waals surface area (Å²) >= 11 is 6.10. The molecule has 2 fully saturated rings. The maximum absolute atomic E-state index is 13.2. The first-order chi connectivity index (χ1) is 18.5. The van der Waals surface area contributed by atoms with Gasteiger partial charge < -0.3 is 20.7 Å². The lowest BCUT2D eigenvalue weighted by Gasteiger charge is -2.26. The van der Waals surface area contributed by atoms with Gasteiger partial charge in [0.25, 0.3) is 0 Å². The first-order valence-corrected chi connectivity index (χ1v) is 14.6. The largest absolute Gasteiger partial charge is 0.449 e. The Balaban J connectivity index is 1.54. The van der Waals surface area contributed by atoms with Gasteiger partial charge in [-0.1, -0.05) is 76.6 Å². The summed E-state index contributed by atoms with van der Waals surface area (Å²) in [5.41, 5.74) is 0.623. The molecule has 1 unspecified atom stereocenters. The Morgan fingerprint density at radius 2 is 1.97 bits per heavy atom. The summed E-state index contributed by atoms with van der Waals surface area (Å²) in [4.78, 5) is 38.3. The molecule has 3 atom stereocenters. The number of alkyl carbamates (subject to hydrolysis) is 1. The maximum atomic E-state index is 13.2. The van der Waals surface area contributed by atoms with Crippen LogP contribution in [0.4, 0.5) is 4.79 Å². The third-order valence-electron chi connectivity index (χ3n) is 7.61. The monoisotopic (exact) mass is 558 g/mol. The number of halogens is 1. The number of nitrogens with one attached hydrogen (secondary N) is 3. The highest BCUT2D eigenvalue weighted by Crippen LogP contribution is 2.46. The van der Waals surface area contributed by atoms with E-state index in [9.17, 15) is 19.6 Å². The van der Waals surface area contributed by atoms with Crippen LogP contribution in [0.25, 0.3) is 0 Å². The van der Waals surface area contributed by atoms with Crippen molar-refractivity contribution in [1.29, 1.82) is 5.26 Å². The molecule has 1 saturated carbocycles. The number of amides is 3. The molecule has 0 radical (unpaired) electrons. The van der Waals surface area contributed by atoms with Crippen LogP contribution >= 0.6 is 11.6 Å². The van der Waals surface area contributed by atoms with Crippen LogP contribution in [0.3, 0.4) is 0 Å². The Morgan fingerprint density at radius 1 is 1.23 bits per heavy atom. The summed E-state index contributed by atoms with van der Waals surface area (Å²) in [5.74, 6) is -0.757. The van der Waals surface area contributed by atoms with E-state index in [1.165, 1.54) is 0 Å². The summed E-state index contributed by atoms with van der Waals surface area (Å²) < 4.78 is 5.54. The van der Waals surface area contributed by atoms with Crippen LogP contribution in [0.5, 0.6) is 0 Å². The molecular formula is C30H43ClN4O4. The van der Waals surface area contributed by atoms with Crippen molar-refractivity contribution in [3.05, 3.63) is 34.9 Å². The number of hydrogen-bond acceptors (Lipinski definition) is 5. The van der Waals surface area contributed by atoms with Gasteiger partial charge in [-0.05, 0) is 56.2 Å². The molecule has 3 rings (SSSR count). The van der Waals surface area contributed by atoms with E-state index in [0.29, 0.717) is 24.3 Å². The van der Waals surface area contributed by atoms with Gasteiger partial charge in [-0.25, -0.2) is 4.79 Å². The van der Waals surface area contributed by atoms with Gasteiger partial charge >= 0.3 is 6.09 Å². The van der Waals surface area contributed by atoms with Crippen LogP contribution in [-0.2, 0) is 20.7 Å². The van der Waals surface area contributed by atoms with Crippen LogP contribution in [0.1, 0.15) is 90.5 Å². The lowest BCUT2D eigenvalue weighted by atomic mass is 9.87. The highest BCUT2D eigenvalue weighted by Gasteiger charge is 2.52. The minimum atomic E-state index is -0.821. The average molecular weight is 559 g/mol. The van der Waals surface area contributed by atoms with Crippen molar-refractivity contribution in [2.24, 2.45) is 11.3 Å². The quantitative estimate of drug-likeness (QED) is 0.248. The second-order valence-electron chi connectivity index (χ2n) is 12.0. The normalized spacial score (nSPS) is 19.1. The minimum absolute atomic E-state index is 0.0448. The third kappa shape index (κ3) is 10.0. The Labute approximate surface area is 237 Å². The molecule has 0 bridgehead atoms. The Hall–Kier alpha value is -2.79. The van der Waals surface area contributed by atoms with Crippen molar-refractivity contribution < 1.29 is 19.1 Å². The van der Waals surface area contributed by atoms with E-state index in [0.717, 1.165) is 50.5 Å². The second kappa shape index (κ2) is 14.0. The van der Waals surface area contributed by atoms with Gasteiger partial charge in [-0.15, -0.1) is 0 Å². The van der Waals surface area contributed by atoms with Gasteiger partial charge in [0.05, 0.1) is 12.7 Å². The van der Waals surface area contributed by atoms with E-state index in [1.807, 2.05) is 38.1 Å². The van der Waals surface area contributed by atoms with E-state index >= 15 is 0 Å². The Bertz CT molecular complexity index is 1050. The average Bonchev–Trinajstić information content (AvgIpc) is 3.56. The number of carbonyl (C=O) groups is 3. The van der Waals surface area contributed by atoms with E-state index in [2.05, 4.69) is 28.9 Å². The summed E-state index contributed by atoms with van der Waals surface area (Å²) in [5, 5.41) is 18.9. The standard InChI is InChI=1S/C30H43ClN4O4/c1-4-5-6-7-8-12-25(27(37)33-24(19-32)16-22-18-30(13-14-30)35-26(22)36)34-28(38)39-20-29(2,3)17-21-10-9-11-23(31)15-21/h9-11,15,22,24-25H,4-8,12-14,16-18,20H2,1-3H3,(H,33,37)(H,34,38)(H,35,36)/t22?,24-,25-/m0/s1. The summed E-state index contributed by atoms with van der Waals surface area (Å²) in [6, 6.07) is 8.09. The van der Waals surface area contributed by atoms with Crippen LogP contribution in [0.2, 0.25) is 5.02 Å². The van der Waals surface area contributed by atoms with E-state index in [4.69, 9.17) is 16.3 Å². The van der Waals surface area contributed by atoms with Gasteiger partial charge in [-0.2, -0.15) is 5.26 Å². The van der Waals surface area contributed by atoms with Gasteiger partial charge in [0.2, 0.25) is 11.8 Å². The minimum Gasteiger partial charge on any atom is -0.449 e. The molecule has 9 heteroatoms. The lowest BCUT2D eigenvalue weighted by Crippen LogP contribution is -2.50. The molecule has 0 aromatic heterocycles. The fourth-order valence-corrected chi connectivity index (χ4v) is 5.48. The predicted molar refractivity (Wildman–Crippen MR) is 151 cm³/mol. The molecular weight excluding hydrogens is 516 g/mol. The van der Waals surface area contributed by atoms with E-state index < -0.39 is 24.1 Å². The lowest BCUT2D eigenvalue weighted by molar-refractivity contribution is -0.125. The second-order valence-corrected chi connectivity index (χ2v) is 12.5. The van der Waals surface area contributed by atoms with Crippen LogP contribution in [0.15, 0.2) is 24.3 Å². The Morgan fingerprint density at radius 3 is 2.62 bits per heavy atom. The Kier molecular flexibility index (Phi) is 11.1. The number of unbranched alkanes of at least 4 members (excludes halogenated alkanes) is 4. The third-order valence-corrected chi connectivity index (χ3v) is 7.85. The van der Waals surface area contributed by atoms with Gasteiger partial charge in [-0.3, -0.25) is 9.59 Å². The van der Waals surface area contributed by atoms with Crippen molar-refractivity contribution >= 4 is 29.5 Å². The molecule has 3 amide bonds. The first kappa shape index (κ1) is 30.7. The summed E-state index contributed by atoms with van der Waals surface area (Å²) in [6.07, 6.45) is 8.38. The molecule has 2 aliphatic rings. The topological polar surface area (TPSA) is 120 Å². The van der Waals surface area contributed by atoms with Gasteiger partial charge in [0.15, 0.2) is 0 Å². The zero-order valence-electron chi connectivity index (χ0n) is 23.5. The molecule has 1 spiro atoms. The smallest absolute Gasteiger partial charge is 0.407 e. The zero-order valence-corrected chi connectivity index (χ0v) is 24.2. The molecule has 3 N–H and O–H groups in total. The number of nitrogens with zero attached hydrogens (tertiary/aromatic N) is 1. The zero-order chi connectivity index (χ0) is 28.5. The maximum Gasteiger partial charge on any atom is 0.407 e. The van der Waals surface area contributed by atoms with Crippen molar-refractivity contribution in [3.63, 3.8) is 0 Å². The highest BCUT2D eigenvalue weighted by atomic mass is 35.5. The number of rotatable bonds is 15. The van der Waals surface area contributed by atoms with Gasteiger partial charge in [0, 0.05) is 21.9 Å². The molecule has 1 saturated heterocycles. The molecule has 1 aromatic rings. The van der Waals surface area contributed by atoms with E-state index in [-0.39, 0.29) is 35.8 Å². The van der Waals surface area contributed by atoms with Crippen LogP contribution in [-0.4, -0.2) is 42.1 Å². The fourth-order valence-electron chi connectivity index (χ4n) is 5.27. The predicted octanol–water partition coefficient (Wildman–Crippen LogP) is 5.43. The summed E-state index contributed by atoms with van der Waals surface area (Å²) in [6.45, 7) is 6.30. The first-order valence-electron chi connectivity index (χ1n) is 14.2. The van der Waals surface area contributed by atoms with Crippen molar-refractivity contribution in [2.75, 3.05) is 6.61 Å². The fraction of sp³-hybridized carbons (Fsp3) is 0.667. The van der Waals surface area contributed by atoms with E-state index in [1.54, 1.807) is 0 Å². The molecule has 1 heterocycles. The number of nitriles is 1. The molecule has 1 aliphatic heterocycles. The number of ether oxygens (including phenoxy) is 1. The SMILES string of the molecule is CCCCCCC[C@H](NC(=O)OCC(C)(C)Cc1cccc(Cl)c1)C(=O)N[C@H](C#N)CC1CC2(CC2)NC1=O. The molecule has 1 aromatic carbocycles. The summed E-state index contributed by atoms with van der Waals surface area (Å²) in [7, 11) is 0.